The number of aromatic nitrogens is 2. The van der Waals surface area contributed by atoms with Crippen molar-refractivity contribution in [3.63, 3.8) is 0 Å². The number of rotatable bonds is 4. The van der Waals surface area contributed by atoms with Gasteiger partial charge in [0.1, 0.15) is 5.56 Å². The Bertz CT molecular complexity index is 464. The number of aliphatic hydroxyl groups excluding tert-OH is 1. The van der Waals surface area contributed by atoms with Crippen LogP contribution in [0.5, 0.6) is 0 Å². The number of ether oxygens (including phenoxy) is 1. The summed E-state index contributed by atoms with van der Waals surface area (Å²) < 4.78 is 5.24. The molecule has 0 atom stereocenters. The predicted octanol–water partition coefficient (Wildman–Crippen LogP) is 1.87. The van der Waals surface area contributed by atoms with Gasteiger partial charge in [-0.2, -0.15) is 5.10 Å². The normalized spacial score (nSPS) is 26.8. The van der Waals surface area contributed by atoms with E-state index in [4.69, 9.17) is 21.4 Å². The minimum absolute atomic E-state index is 0.190. The highest BCUT2D eigenvalue weighted by molar-refractivity contribution is 6.32. The molecule has 1 aromatic rings. The summed E-state index contributed by atoms with van der Waals surface area (Å²) in [7, 11) is 0. The van der Waals surface area contributed by atoms with Crippen LogP contribution in [-0.4, -0.2) is 34.0 Å². The van der Waals surface area contributed by atoms with Gasteiger partial charge in [0.05, 0.1) is 18.4 Å². The molecule has 5 nitrogen and oxygen atoms in total. The highest BCUT2D eigenvalue weighted by Crippen LogP contribution is 2.42. The molecule has 0 bridgehead atoms. The third-order valence-electron chi connectivity index (χ3n) is 3.60. The van der Waals surface area contributed by atoms with Gasteiger partial charge in [-0.25, -0.2) is 4.79 Å². The highest BCUT2D eigenvalue weighted by atomic mass is 35.5. The zero-order chi connectivity index (χ0) is 12.7. The number of esters is 1. The van der Waals surface area contributed by atoms with Gasteiger partial charge in [0, 0.05) is 5.92 Å². The van der Waals surface area contributed by atoms with E-state index in [1.165, 1.54) is 0 Å². The minimum atomic E-state index is -0.406. The van der Waals surface area contributed by atoms with E-state index in [0.29, 0.717) is 30.9 Å². The molecule has 2 fully saturated rings. The molecule has 0 radical (unpaired) electrons. The fraction of sp³-hybridized carbons (Fsp3) is 0.667. The Morgan fingerprint density at radius 2 is 2.22 bits per heavy atom. The largest absolute Gasteiger partial charge is 0.462 e. The van der Waals surface area contributed by atoms with Crippen molar-refractivity contribution in [1.29, 1.82) is 0 Å². The van der Waals surface area contributed by atoms with Gasteiger partial charge in [0.15, 0.2) is 5.15 Å². The second kappa shape index (κ2) is 4.55. The summed E-state index contributed by atoms with van der Waals surface area (Å²) in [4.78, 5) is 12.0. The van der Waals surface area contributed by atoms with E-state index in [-0.39, 0.29) is 17.2 Å². The number of nitrogens with one attached hydrogen (secondary N) is 1. The number of carbonyl (C=O) groups excluding carboxylic acids is 1. The topological polar surface area (TPSA) is 75.2 Å². The third kappa shape index (κ3) is 2.24. The van der Waals surface area contributed by atoms with E-state index in [1.54, 1.807) is 0 Å². The van der Waals surface area contributed by atoms with Crippen molar-refractivity contribution in [2.24, 2.45) is 5.92 Å². The van der Waals surface area contributed by atoms with Gasteiger partial charge in [-0.1, -0.05) is 11.6 Å². The molecule has 0 amide bonds. The molecule has 0 aliphatic heterocycles. The Morgan fingerprint density at radius 1 is 1.50 bits per heavy atom. The lowest BCUT2D eigenvalue weighted by atomic mass is 9.83. The third-order valence-corrected chi connectivity index (χ3v) is 3.87. The summed E-state index contributed by atoms with van der Waals surface area (Å²) in [5.74, 6) is 0.245. The fourth-order valence-corrected chi connectivity index (χ4v) is 2.52. The van der Waals surface area contributed by atoms with Crippen LogP contribution in [0, 0.1) is 5.92 Å². The van der Waals surface area contributed by atoms with E-state index >= 15 is 0 Å². The van der Waals surface area contributed by atoms with Gasteiger partial charge >= 0.3 is 5.97 Å². The molecule has 2 saturated carbocycles. The highest BCUT2D eigenvalue weighted by Gasteiger charge is 2.34. The maximum Gasteiger partial charge on any atom is 0.343 e. The molecular formula is C12H15ClN2O3. The van der Waals surface area contributed by atoms with Gasteiger partial charge < -0.3 is 9.84 Å². The standard InChI is InChI=1S/C12H15ClN2O3/c13-11-9(10(14-15-11)7-1-2-7)12(17)18-5-6-3-8(16)4-6/h6-8,16H,1-5H2,(H,14,15). The maximum atomic E-state index is 12.0. The van der Waals surface area contributed by atoms with Crippen molar-refractivity contribution < 1.29 is 14.6 Å². The van der Waals surface area contributed by atoms with Crippen LogP contribution >= 0.6 is 11.6 Å². The Kier molecular flexibility index (Phi) is 3.03. The van der Waals surface area contributed by atoms with Crippen LogP contribution < -0.4 is 0 Å². The zero-order valence-corrected chi connectivity index (χ0v) is 10.6. The second-order valence-electron chi connectivity index (χ2n) is 5.17. The van der Waals surface area contributed by atoms with E-state index in [9.17, 15) is 4.79 Å². The molecule has 0 aromatic carbocycles. The Hall–Kier alpha value is -1.07. The van der Waals surface area contributed by atoms with Crippen molar-refractivity contribution in [2.75, 3.05) is 6.61 Å². The Labute approximate surface area is 109 Å². The van der Waals surface area contributed by atoms with Gasteiger partial charge in [-0.15, -0.1) is 0 Å². The molecule has 2 aliphatic carbocycles. The summed E-state index contributed by atoms with van der Waals surface area (Å²) in [6.07, 6.45) is 3.32. The fourth-order valence-electron chi connectivity index (χ4n) is 2.30. The lowest BCUT2D eigenvalue weighted by Gasteiger charge is -2.30. The molecule has 98 valence electrons. The van der Waals surface area contributed by atoms with Crippen LogP contribution in [-0.2, 0) is 4.74 Å². The van der Waals surface area contributed by atoms with E-state index < -0.39 is 5.97 Å². The monoisotopic (exact) mass is 270 g/mol. The van der Waals surface area contributed by atoms with Crippen molar-refractivity contribution in [3.8, 4) is 0 Å². The average molecular weight is 271 g/mol. The van der Waals surface area contributed by atoms with E-state index in [0.717, 1.165) is 18.5 Å². The smallest absolute Gasteiger partial charge is 0.343 e. The molecule has 0 unspecified atom stereocenters. The SMILES string of the molecule is O=C(OCC1CC(O)C1)c1c(Cl)n[nH]c1C1CC1. The lowest BCUT2D eigenvalue weighted by Crippen LogP contribution is -2.32. The Balaban J connectivity index is 1.62. The summed E-state index contributed by atoms with van der Waals surface area (Å²) in [5.41, 5.74) is 1.19. The number of H-pyrrole nitrogens is 1. The number of hydrogen-bond donors (Lipinski definition) is 2. The lowest BCUT2D eigenvalue weighted by molar-refractivity contribution is -0.00396. The molecule has 1 aromatic heterocycles. The minimum Gasteiger partial charge on any atom is -0.462 e. The van der Waals surface area contributed by atoms with Gasteiger partial charge in [0.25, 0.3) is 0 Å². The first-order chi connectivity index (χ1) is 8.65. The van der Waals surface area contributed by atoms with Gasteiger partial charge in [-0.05, 0) is 31.6 Å². The number of aliphatic hydroxyl groups is 1. The van der Waals surface area contributed by atoms with Crippen molar-refractivity contribution >= 4 is 17.6 Å². The van der Waals surface area contributed by atoms with E-state index in [1.807, 2.05) is 0 Å². The van der Waals surface area contributed by atoms with E-state index in [2.05, 4.69) is 10.2 Å². The Morgan fingerprint density at radius 3 is 2.83 bits per heavy atom. The number of hydrogen-bond acceptors (Lipinski definition) is 4. The van der Waals surface area contributed by atoms with Gasteiger partial charge in [-0.3, -0.25) is 5.10 Å². The van der Waals surface area contributed by atoms with Crippen LogP contribution in [0.3, 0.4) is 0 Å². The summed E-state index contributed by atoms with van der Waals surface area (Å²) in [6, 6.07) is 0. The number of nitrogens with zero attached hydrogens (tertiary/aromatic N) is 1. The summed E-state index contributed by atoms with van der Waals surface area (Å²) in [6.45, 7) is 0.349. The first-order valence-corrected chi connectivity index (χ1v) is 6.62. The van der Waals surface area contributed by atoms with Crippen LogP contribution in [0.1, 0.15) is 47.7 Å². The van der Waals surface area contributed by atoms with Crippen molar-refractivity contribution in [3.05, 3.63) is 16.4 Å². The molecule has 1 heterocycles. The molecule has 0 spiro atoms. The number of halogens is 1. The molecule has 0 saturated heterocycles. The van der Waals surface area contributed by atoms with Crippen LogP contribution in [0.4, 0.5) is 0 Å². The van der Waals surface area contributed by atoms with Crippen LogP contribution in [0.15, 0.2) is 0 Å². The predicted molar refractivity (Wildman–Crippen MR) is 64.6 cm³/mol. The second-order valence-corrected chi connectivity index (χ2v) is 5.53. The van der Waals surface area contributed by atoms with Crippen molar-refractivity contribution in [2.45, 2.75) is 37.7 Å². The molecule has 6 heteroatoms. The quantitative estimate of drug-likeness (QED) is 0.819. The number of aromatic amines is 1. The van der Waals surface area contributed by atoms with Gasteiger partial charge in [0.2, 0.25) is 0 Å². The summed E-state index contributed by atoms with van der Waals surface area (Å²) >= 11 is 5.91. The zero-order valence-electron chi connectivity index (χ0n) is 9.86. The molecule has 2 aliphatic rings. The molecule has 3 rings (SSSR count). The first kappa shape index (κ1) is 12.0. The number of carbonyl (C=O) groups is 1. The van der Waals surface area contributed by atoms with Crippen LogP contribution in [0.2, 0.25) is 5.15 Å². The molecule has 2 N–H and O–H groups in total. The average Bonchev–Trinajstić information content (AvgIpc) is 3.06. The van der Waals surface area contributed by atoms with Crippen molar-refractivity contribution in [1.82, 2.24) is 10.2 Å². The molecule has 18 heavy (non-hydrogen) atoms. The maximum absolute atomic E-state index is 12.0. The summed E-state index contributed by atoms with van der Waals surface area (Å²) in [5, 5.41) is 16.0. The molecular weight excluding hydrogens is 256 g/mol. The first-order valence-electron chi connectivity index (χ1n) is 6.24. The van der Waals surface area contributed by atoms with Crippen LogP contribution in [0.25, 0.3) is 0 Å².